The molecule has 1 aliphatic rings. The van der Waals surface area contributed by atoms with E-state index >= 15 is 0 Å². The highest BCUT2D eigenvalue weighted by atomic mass is 16.6. The van der Waals surface area contributed by atoms with Crippen molar-refractivity contribution in [1.29, 1.82) is 0 Å². The summed E-state index contributed by atoms with van der Waals surface area (Å²) in [5.41, 5.74) is 1.79. The van der Waals surface area contributed by atoms with Gasteiger partial charge in [-0.2, -0.15) is 0 Å². The number of hydrogen-bond donors (Lipinski definition) is 1. The molecule has 0 unspecified atom stereocenters. The minimum Gasteiger partial charge on any atom is -0.339 e. The number of amides is 2. The number of piperidine rings is 1. The molecular formula is C20H21N3O4. The maximum absolute atomic E-state index is 12.6. The second-order valence-electron chi connectivity index (χ2n) is 6.58. The van der Waals surface area contributed by atoms with Crippen LogP contribution in [0.3, 0.4) is 0 Å². The number of non-ortho nitro benzene ring substituents is 1. The SMILES string of the molecule is O=C(Cc1ccc([N+](=O)[O-])cc1)Nc1cccc(C(=O)N2CCCCC2)c1. The Hall–Kier alpha value is -3.22. The average Bonchev–Trinajstić information content (AvgIpc) is 2.68. The summed E-state index contributed by atoms with van der Waals surface area (Å²) in [4.78, 5) is 36.9. The molecule has 1 heterocycles. The summed E-state index contributed by atoms with van der Waals surface area (Å²) >= 11 is 0. The molecule has 0 bridgehead atoms. The summed E-state index contributed by atoms with van der Waals surface area (Å²) in [6, 6.07) is 12.8. The van der Waals surface area contributed by atoms with Crippen LogP contribution in [0.15, 0.2) is 48.5 Å². The molecule has 1 aliphatic heterocycles. The van der Waals surface area contributed by atoms with Gasteiger partial charge in [0.05, 0.1) is 11.3 Å². The predicted octanol–water partition coefficient (Wildman–Crippen LogP) is 3.40. The zero-order valence-corrected chi connectivity index (χ0v) is 14.9. The van der Waals surface area contributed by atoms with Gasteiger partial charge in [0, 0.05) is 36.5 Å². The van der Waals surface area contributed by atoms with Crippen molar-refractivity contribution in [3.63, 3.8) is 0 Å². The van der Waals surface area contributed by atoms with E-state index in [9.17, 15) is 19.7 Å². The van der Waals surface area contributed by atoms with E-state index < -0.39 is 4.92 Å². The number of carbonyl (C=O) groups excluding carboxylic acids is 2. The van der Waals surface area contributed by atoms with Gasteiger partial charge in [-0.05, 0) is 43.0 Å². The molecule has 7 nitrogen and oxygen atoms in total. The third-order valence-electron chi connectivity index (χ3n) is 4.55. The van der Waals surface area contributed by atoms with Crippen molar-refractivity contribution in [3.05, 3.63) is 69.8 Å². The number of nitro benzene ring substituents is 1. The Bertz CT molecular complexity index is 843. The van der Waals surface area contributed by atoms with Gasteiger partial charge in [0.25, 0.3) is 11.6 Å². The maximum atomic E-state index is 12.6. The molecule has 2 amide bonds. The van der Waals surface area contributed by atoms with Crippen LogP contribution in [-0.2, 0) is 11.2 Å². The Kier molecular flexibility index (Phi) is 5.80. The van der Waals surface area contributed by atoms with Crippen LogP contribution in [0.5, 0.6) is 0 Å². The lowest BCUT2D eigenvalue weighted by atomic mass is 10.1. The Morgan fingerprint density at radius 1 is 1.04 bits per heavy atom. The largest absolute Gasteiger partial charge is 0.339 e. The molecule has 2 aromatic rings. The Balaban J connectivity index is 1.62. The summed E-state index contributed by atoms with van der Waals surface area (Å²) < 4.78 is 0. The molecular weight excluding hydrogens is 346 g/mol. The third-order valence-corrected chi connectivity index (χ3v) is 4.55. The molecule has 0 spiro atoms. The predicted molar refractivity (Wildman–Crippen MR) is 102 cm³/mol. The Labute approximate surface area is 157 Å². The first kappa shape index (κ1) is 18.6. The lowest BCUT2D eigenvalue weighted by Crippen LogP contribution is -2.35. The van der Waals surface area contributed by atoms with Crippen LogP contribution >= 0.6 is 0 Å². The number of benzene rings is 2. The standard InChI is InChI=1S/C20H21N3O4/c24-19(13-15-7-9-18(10-8-15)23(26)27)21-17-6-4-5-16(14-17)20(25)22-11-2-1-3-12-22/h4-10,14H,1-3,11-13H2,(H,21,24). The number of nitrogens with one attached hydrogen (secondary N) is 1. The summed E-state index contributed by atoms with van der Waals surface area (Å²) in [5, 5.41) is 13.5. The number of hydrogen-bond acceptors (Lipinski definition) is 4. The fraction of sp³-hybridized carbons (Fsp3) is 0.300. The minimum atomic E-state index is -0.477. The molecule has 27 heavy (non-hydrogen) atoms. The maximum Gasteiger partial charge on any atom is 0.269 e. The minimum absolute atomic E-state index is 0.0110. The van der Waals surface area contributed by atoms with E-state index in [0.717, 1.165) is 32.4 Å². The molecule has 1 saturated heterocycles. The van der Waals surface area contributed by atoms with Crippen LogP contribution in [0, 0.1) is 10.1 Å². The lowest BCUT2D eigenvalue weighted by molar-refractivity contribution is -0.384. The lowest BCUT2D eigenvalue weighted by Gasteiger charge is -2.26. The zero-order valence-electron chi connectivity index (χ0n) is 14.9. The normalized spacial score (nSPS) is 13.9. The highest BCUT2D eigenvalue weighted by Crippen LogP contribution is 2.17. The molecule has 0 radical (unpaired) electrons. The molecule has 140 valence electrons. The van der Waals surface area contributed by atoms with Crippen molar-refractivity contribution in [1.82, 2.24) is 4.90 Å². The summed E-state index contributed by atoms with van der Waals surface area (Å²) in [6.45, 7) is 1.55. The van der Waals surface area contributed by atoms with Gasteiger partial charge in [0.15, 0.2) is 0 Å². The number of likely N-dealkylation sites (tertiary alicyclic amines) is 1. The molecule has 1 N–H and O–H groups in total. The highest BCUT2D eigenvalue weighted by Gasteiger charge is 2.18. The molecule has 0 atom stereocenters. The summed E-state index contributed by atoms with van der Waals surface area (Å²) in [7, 11) is 0. The van der Waals surface area contributed by atoms with Gasteiger partial charge in [-0.15, -0.1) is 0 Å². The van der Waals surface area contributed by atoms with Gasteiger partial charge in [0.1, 0.15) is 0 Å². The molecule has 0 aliphatic carbocycles. The van der Waals surface area contributed by atoms with E-state index in [2.05, 4.69) is 5.32 Å². The molecule has 1 fully saturated rings. The Morgan fingerprint density at radius 2 is 1.74 bits per heavy atom. The molecule has 0 saturated carbocycles. The first-order valence-corrected chi connectivity index (χ1v) is 8.95. The van der Waals surface area contributed by atoms with E-state index in [0.29, 0.717) is 16.8 Å². The van der Waals surface area contributed by atoms with Crippen LogP contribution in [0.1, 0.15) is 35.2 Å². The van der Waals surface area contributed by atoms with Crippen LogP contribution < -0.4 is 5.32 Å². The van der Waals surface area contributed by atoms with Crippen molar-refractivity contribution in [2.75, 3.05) is 18.4 Å². The molecule has 7 heteroatoms. The fourth-order valence-corrected chi connectivity index (χ4v) is 3.14. The van der Waals surface area contributed by atoms with Gasteiger partial charge in [-0.25, -0.2) is 0 Å². The van der Waals surface area contributed by atoms with Crippen LogP contribution in [0.25, 0.3) is 0 Å². The molecule has 0 aromatic heterocycles. The number of nitrogens with zero attached hydrogens (tertiary/aromatic N) is 2. The van der Waals surface area contributed by atoms with Gasteiger partial charge in [-0.1, -0.05) is 18.2 Å². The van der Waals surface area contributed by atoms with Gasteiger partial charge in [-0.3, -0.25) is 19.7 Å². The van der Waals surface area contributed by atoms with E-state index in [1.165, 1.54) is 12.1 Å². The quantitative estimate of drug-likeness (QED) is 0.647. The second kappa shape index (κ2) is 8.44. The monoisotopic (exact) mass is 367 g/mol. The first-order chi connectivity index (χ1) is 13.0. The van der Waals surface area contributed by atoms with Crippen LogP contribution in [0.2, 0.25) is 0 Å². The van der Waals surface area contributed by atoms with E-state index in [-0.39, 0.29) is 23.9 Å². The van der Waals surface area contributed by atoms with Crippen molar-refractivity contribution in [3.8, 4) is 0 Å². The van der Waals surface area contributed by atoms with Crippen LogP contribution in [0.4, 0.5) is 11.4 Å². The fourth-order valence-electron chi connectivity index (χ4n) is 3.14. The Morgan fingerprint density at radius 3 is 2.41 bits per heavy atom. The van der Waals surface area contributed by atoms with Crippen molar-refractivity contribution >= 4 is 23.2 Å². The van der Waals surface area contributed by atoms with Crippen molar-refractivity contribution in [2.45, 2.75) is 25.7 Å². The summed E-state index contributed by atoms with van der Waals surface area (Å²) in [6.07, 6.45) is 3.31. The highest BCUT2D eigenvalue weighted by molar-refractivity contribution is 5.97. The van der Waals surface area contributed by atoms with Crippen molar-refractivity contribution < 1.29 is 14.5 Å². The number of nitro groups is 1. The molecule has 2 aromatic carbocycles. The molecule has 3 rings (SSSR count). The average molecular weight is 367 g/mol. The number of carbonyl (C=O) groups is 2. The van der Waals surface area contributed by atoms with E-state index in [1.807, 2.05) is 4.90 Å². The van der Waals surface area contributed by atoms with Crippen molar-refractivity contribution in [2.24, 2.45) is 0 Å². The van der Waals surface area contributed by atoms with Gasteiger partial charge < -0.3 is 10.2 Å². The van der Waals surface area contributed by atoms with Gasteiger partial charge in [0.2, 0.25) is 5.91 Å². The summed E-state index contributed by atoms with van der Waals surface area (Å²) in [5.74, 6) is -0.257. The second-order valence-corrected chi connectivity index (χ2v) is 6.58. The van der Waals surface area contributed by atoms with E-state index in [1.54, 1.807) is 36.4 Å². The smallest absolute Gasteiger partial charge is 0.269 e. The zero-order chi connectivity index (χ0) is 19.2. The van der Waals surface area contributed by atoms with Gasteiger partial charge >= 0.3 is 0 Å². The van der Waals surface area contributed by atoms with Crippen LogP contribution in [-0.4, -0.2) is 34.7 Å². The number of anilines is 1. The first-order valence-electron chi connectivity index (χ1n) is 8.95. The topological polar surface area (TPSA) is 92.5 Å². The van der Waals surface area contributed by atoms with E-state index in [4.69, 9.17) is 0 Å². The third kappa shape index (κ3) is 4.91. The number of rotatable bonds is 5.